The molecular weight excluding hydrogens is 683 g/mol. The maximum Gasteiger partial charge on any atom is 0.0468 e. The standard InChI is InChI=1S/C53H43NS/c1-2-12-35-53(34-11-1,43-18-7-4-8-19-43)44-26-30-46(31-27-44)54(45-28-24-39(25-29-45)42-23-22-38-14-9-10-17-41(38)36-42)47-32-33-50-49(37-47)52-48(20-13-21-51(52)55-50)40-15-5-3-6-16-40/h3-10,13-33,36-37H,1-2,11-12,34-35H2. The van der Waals surface area contributed by atoms with Crippen LogP contribution in [0.3, 0.4) is 0 Å². The molecule has 0 saturated heterocycles. The molecule has 0 atom stereocenters. The van der Waals surface area contributed by atoms with Gasteiger partial charge in [-0.25, -0.2) is 0 Å². The molecule has 10 rings (SSSR count). The third kappa shape index (κ3) is 6.21. The van der Waals surface area contributed by atoms with Gasteiger partial charge in [0.05, 0.1) is 0 Å². The van der Waals surface area contributed by atoms with E-state index in [1.807, 2.05) is 11.3 Å². The lowest BCUT2D eigenvalue weighted by Crippen LogP contribution is -2.27. The molecule has 0 amide bonds. The van der Waals surface area contributed by atoms with Crippen molar-refractivity contribution in [2.75, 3.05) is 4.90 Å². The molecule has 9 aromatic rings. The van der Waals surface area contributed by atoms with Crippen LogP contribution in [0.15, 0.2) is 188 Å². The van der Waals surface area contributed by atoms with Gasteiger partial charge >= 0.3 is 0 Å². The summed E-state index contributed by atoms with van der Waals surface area (Å²) in [6.45, 7) is 0. The lowest BCUT2D eigenvalue weighted by Gasteiger charge is -2.35. The van der Waals surface area contributed by atoms with Crippen molar-refractivity contribution in [3.63, 3.8) is 0 Å². The van der Waals surface area contributed by atoms with Crippen LogP contribution < -0.4 is 4.90 Å². The second kappa shape index (κ2) is 14.4. The van der Waals surface area contributed by atoms with Crippen molar-refractivity contribution in [1.82, 2.24) is 0 Å². The third-order valence-electron chi connectivity index (χ3n) is 12.0. The van der Waals surface area contributed by atoms with E-state index in [9.17, 15) is 0 Å². The maximum atomic E-state index is 2.45. The Morgan fingerprint density at radius 3 is 1.76 bits per heavy atom. The lowest BCUT2D eigenvalue weighted by atomic mass is 9.69. The van der Waals surface area contributed by atoms with Crippen LogP contribution >= 0.6 is 11.3 Å². The normalized spacial score (nSPS) is 14.3. The van der Waals surface area contributed by atoms with E-state index in [1.54, 1.807) is 0 Å². The predicted octanol–water partition coefficient (Wildman–Crippen LogP) is 15.7. The minimum Gasteiger partial charge on any atom is -0.310 e. The van der Waals surface area contributed by atoms with Crippen molar-refractivity contribution >= 4 is 59.3 Å². The Morgan fingerprint density at radius 2 is 1.02 bits per heavy atom. The van der Waals surface area contributed by atoms with Crippen molar-refractivity contribution in [1.29, 1.82) is 0 Å². The van der Waals surface area contributed by atoms with E-state index in [1.165, 1.54) is 109 Å². The lowest BCUT2D eigenvalue weighted by molar-refractivity contribution is 0.446. The number of hydrogen-bond acceptors (Lipinski definition) is 2. The van der Waals surface area contributed by atoms with E-state index in [-0.39, 0.29) is 5.41 Å². The first-order valence-electron chi connectivity index (χ1n) is 19.8. The minimum absolute atomic E-state index is 0.0466. The highest BCUT2D eigenvalue weighted by Gasteiger charge is 2.34. The molecule has 1 saturated carbocycles. The zero-order valence-corrected chi connectivity index (χ0v) is 31.8. The largest absolute Gasteiger partial charge is 0.310 e. The second-order valence-corrected chi connectivity index (χ2v) is 16.3. The number of benzene rings is 8. The van der Waals surface area contributed by atoms with Crippen molar-refractivity contribution in [3.05, 3.63) is 199 Å². The van der Waals surface area contributed by atoms with Crippen LogP contribution in [0.1, 0.15) is 49.7 Å². The molecule has 1 nitrogen and oxygen atoms in total. The van der Waals surface area contributed by atoms with Gasteiger partial charge in [0.2, 0.25) is 0 Å². The zero-order chi connectivity index (χ0) is 36.6. The highest BCUT2D eigenvalue weighted by molar-refractivity contribution is 7.26. The van der Waals surface area contributed by atoms with Crippen molar-refractivity contribution in [2.24, 2.45) is 0 Å². The molecule has 0 N–H and O–H groups in total. The highest BCUT2D eigenvalue weighted by atomic mass is 32.1. The van der Waals surface area contributed by atoms with Gasteiger partial charge < -0.3 is 4.90 Å². The zero-order valence-electron chi connectivity index (χ0n) is 31.0. The number of nitrogens with zero attached hydrogens (tertiary/aromatic N) is 1. The van der Waals surface area contributed by atoms with Crippen LogP contribution in [0.5, 0.6) is 0 Å². The van der Waals surface area contributed by atoms with Gasteiger partial charge in [0.1, 0.15) is 0 Å². The Balaban J connectivity index is 1.11. The molecule has 0 radical (unpaired) electrons. The Labute approximate surface area is 328 Å². The number of fused-ring (bicyclic) bond motifs is 4. The summed E-state index contributed by atoms with van der Waals surface area (Å²) in [7, 11) is 0. The molecule has 1 aliphatic carbocycles. The molecule has 1 aliphatic rings. The Kier molecular flexibility index (Phi) is 8.77. The molecule has 1 heterocycles. The molecule has 1 fully saturated rings. The van der Waals surface area contributed by atoms with E-state index in [0.717, 1.165) is 11.4 Å². The number of hydrogen-bond donors (Lipinski definition) is 0. The summed E-state index contributed by atoms with van der Waals surface area (Å²) >= 11 is 1.88. The van der Waals surface area contributed by atoms with E-state index < -0.39 is 0 Å². The summed E-state index contributed by atoms with van der Waals surface area (Å²) in [5, 5.41) is 5.16. The van der Waals surface area contributed by atoms with Gasteiger partial charge in [0.25, 0.3) is 0 Å². The smallest absolute Gasteiger partial charge is 0.0468 e. The topological polar surface area (TPSA) is 3.24 Å². The molecule has 0 spiro atoms. The van der Waals surface area contributed by atoms with Gasteiger partial charge in [0, 0.05) is 42.6 Å². The van der Waals surface area contributed by atoms with Gasteiger partial charge in [-0.1, -0.05) is 159 Å². The van der Waals surface area contributed by atoms with Crippen LogP contribution in [-0.2, 0) is 5.41 Å². The van der Waals surface area contributed by atoms with Crippen LogP contribution in [-0.4, -0.2) is 0 Å². The third-order valence-corrected chi connectivity index (χ3v) is 13.1. The highest BCUT2D eigenvalue weighted by Crippen LogP contribution is 2.47. The van der Waals surface area contributed by atoms with E-state index in [2.05, 4.69) is 193 Å². The first kappa shape index (κ1) is 33.6. The van der Waals surface area contributed by atoms with Crippen LogP contribution in [0.25, 0.3) is 53.2 Å². The van der Waals surface area contributed by atoms with Gasteiger partial charge in [0.15, 0.2) is 0 Å². The van der Waals surface area contributed by atoms with Crippen LogP contribution in [0.4, 0.5) is 17.1 Å². The molecule has 8 aromatic carbocycles. The molecule has 0 unspecified atom stereocenters. The molecule has 0 aliphatic heterocycles. The summed E-state index contributed by atoms with van der Waals surface area (Å²) in [4.78, 5) is 2.45. The molecular formula is C53H43NS. The van der Waals surface area contributed by atoms with Gasteiger partial charge in [-0.2, -0.15) is 0 Å². The summed E-state index contributed by atoms with van der Waals surface area (Å²) in [5.41, 5.74) is 11.4. The van der Waals surface area contributed by atoms with Gasteiger partial charge in [-0.15, -0.1) is 11.3 Å². The van der Waals surface area contributed by atoms with Crippen LogP contribution in [0, 0.1) is 0 Å². The Morgan fingerprint density at radius 1 is 0.400 bits per heavy atom. The molecule has 55 heavy (non-hydrogen) atoms. The number of rotatable bonds is 7. The number of anilines is 3. The number of thiophene rings is 1. The fourth-order valence-electron chi connectivity index (χ4n) is 9.19. The molecule has 2 heteroatoms. The predicted molar refractivity (Wildman–Crippen MR) is 237 cm³/mol. The maximum absolute atomic E-state index is 2.45. The van der Waals surface area contributed by atoms with Gasteiger partial charge in [-0.05, 0) is 112 Å². The van der Waals surface area contributed by atoms with E-state index in [0.29, 0.717) is 0 Å². The molecule has 0 bridgehead atoms. The fraction of sp³-hybridized carbons (Fsp3) is 0.132. The second-order valence-electron chi connectivity index (χ2n) is 15.2. The average molecular weight is 726 g/mol. The summed E-state index contributed by atoms with van der Waals surface area (Å²) in [5.74, 6) is 0. The fourth-order valence-corrected chi connectivity index (χ4v) is 10.3. The monoisotopic (exact) mass is 725 g/mol. The summed E-state index contributed by atoms with van der Waals surface area (Å²) in [6, 6.07) is 70.0. The molecule has 266 valence electrons. The average Bonchev–Trinajstić information content (AvgIpc) is 3.44. The Bertz CT molecular complexity index is 2740. The quantitative estimate of drug-likeness (QED) is 0.148. The summed E-state index contributed by atoms with van der Waals surface area (Å²) < 4.78 is 2.63. The Hall–Kier alpha value is -5.96. The minimum atomic E-state index is 0.0466. The molecule has 1 aromatic heterocycles. The first-order valence-corrected chi connectivity index (χ1v) is 20.6. The summed E-state index contributed by atoms with van der Waals surface area (Å²) in [6.07, 6.45) is 7.57. The van der Waals surface area contributed by atoms with E-state index in [4.69, 9.17) is 0 Å². The van der Waals surface area contributed by atoms with Crippen LogP contribution in [0.2, 0.25) is 0 Å². The van der Waals surface area contributed by atoms with Gasteiger partial charge in [-0.3, -0.25) is 0 Å². The van der Waals surface area contributed by atoms with E-state index >= 15 is 0 Å². The van der Waals surface area contributed by atoms with Crippen molar-refractivity contribution in [2.45, 2.75) is 43.9 Å². The first-order chi connectivity index (χ1) is 27.2. The van der Waals surface area contributed by atoms with Crippen molar-refractivity contribution < 1.29 is 0 Å². The SMILES string of the molecule is c1ccc(-c2cccc3sc4ccc(N(c5ccc(-c6ccc7ccccc7c6)cc5)c5ccc(C6(c7ccccc7)CCCCCC6)cc5)cc4c23)cc1. The van der Waals surface area contributed by atoms with Crippen molar-refractivity contribution in [3.8, 4) is 22.3 Å².